The molecule has 0 aliphatic carbocycles. The van der Waals surface area contributed by atoms with Crippen LogP contribution in [0.3, 0.4) is 0 Å². The van der Waals surface area contributed by atoms with Crippen LogP contribution < -0.4 is 5.32 Å². The highest BCUT2D eigenvalue weighted by molar-refractivity contribution is 7.90. The van der Waals surface area contributed by atoms with E-state index in [9.17, 15) is 13.2 Å². The maximum Gasteiger partial charge on any atom is 0.268 e. The Balaban J connectivity index is 2.33. The lowest BCUT2D eigenvalue weighted by Crippen LogP contribution is -2.37. The highest BCUT2D eigenvalue weighted by Crippen LogP contribution is 2.20. The number of rotatable bonds is 5. The highest BCUT2D eigenvalue weighted by atomic mass is 32.2. The number of benzene rings is 1. The van der Waals surface area contributed by atoms with Gasteiger partial charge in [0.25, 0.3) is 5.91 Å². The van der Waals surface area contributed by atoms with Gasteiger partial charge in [0.15, 0.2) is 9.84 Å². The fraction of sp³-hybridized carbons (Fsp3) is 0.357. The van der Waals surface area contributed by atoms with Crippen LogP contribution in [0.25, 0.3) is 10.9 Å². The Morgan fingerprint density at radius 1 is 1.38 bits per heavy atom. The second-order valence-corrected chi connectivity index (χ2v) is 6.98. The van der Waals surface area contributed by atoms with Crippen LogP contribution in [-0.2, 0) is 9.84 Å². The first-order valence-electron chi connectivity index (χ1n) is 6.59. The van der Waals surface area contributed by atoms with Crippen LogP contribution in [0.2, 0.25) is 0 Å². The van der Waals surface area contributed by atoms with Crippen molar-refractivity contribution in [1.29, 1.82) is 0 Å². The maximum atomic E-state index is 12.1. The molecule has 0 radical (unpaired) electrons. The molecule has 7 heteroatoms. The summed E-state index contributed by atoms with van der Waals surface area (Å²) in [5.41, 5.74) is 1.02. The molecule has 0 bridgehead atoms. The van der Waals surface area contributed by atoms with E-state index in [0.717, 1.165) is 6.26 Å². The van der Waals surface area contributed by atoms with Gasteiger partial charge in [-0.2, -0.15) is 0 Å². The molecule has 1 atom stereocenters. The number of aromatic nitrogens is 1. The van der Waals surface area contributed by atoms with Gasteiger partial charge < -0.3 is 15.4 Å². The van der Waals surface area contributed by atoms with Crippen LogP contribution in [-0.4, -0.2) is 43.3 Å². The molecule has 1 aromatic heterocycles. The van der Waals surface area contributed by atoms with Gasteiger partial charge in [-0.3, -0.25) is 4.79 Å². The second kappa shape index (κ2) is 5.87. The van der Waals surface area contributed by atoms with E-state index >= 15 is 0 Å². The summed E-state index contributed by atoms with van der Waals surface area (Å²) in [4.78, 5) is 15.2. The largest absolute Gasteiger partial charge is 0.394 e. The van der Waals surface area contributed by atoms with E-state index < -0.39 is 9.84 Å². The van der Waals surface area contributed by atoms with Gasteiger partial charge in [0.2, 0.25) is 0 Å². The molecule has 21 heavy (non-hydrogen) atoms. The standard InChI is InChI=1S/C14H18N2O4S/c1-3-10(8-17)15-14(18)13-7-9-6-11(21(2,19)20)4-5-12(9)16-13/h4-7,10,16-17H,3,8H2,1-2H3,(H,15,18). The summed E-state index contributed by atoms with van der Waals surface area (Å²) in [7, 11) is -3.28. The van der Waals surface area contributed by atoms with Crippen molar-refractivity contribution in [2.75, 3.05) is 12.9 Å². The minimum absolute atomic E-state index is 0.124. The van der Waals surface area contributed by atoms with Gasteiger partial charge in [-0.15, -0.1) is 0 Å². The summed E-state index contributed by atoms with van der Waals surface area (Å²) in [5, 5.41) is 12.4. The predicted octanol–water partition coefficient (Wildman–Crippen LogP) is 1.07. The Morgan fingerprint density at radius 3 is 2.67 bits per heavy atom. The van der Waals surface area contributed by atoms with Gasteiger partial charge in [-0.25, -0.2) is 8.42 Å². The maximum absolute atomic E-state index is 12.1. The molecule has 0 saturated carbocycles. The molecule has 1 aromatic carbocycles. The molecule has 2 rings (SSSR count). The number of hydrogen-bond acceptors (Lipinski definition) is 4. The summed E-state index contributed by atoms with van der Waals surface area (Å²) in [5.74, 6) is -0.326. The first-order chi connectivity index (χ1) is 9.85. The topological polar surface area (TPSA) is 99.3 Å². The highest BCUT2D eigenvalue weighted by Gasteiger charge is 2.15. The Kier molecular flexibility index (Phi) is 4.34. The van der Waals surface area contributed by atoms with E-state index in [0.29, 0.717) is 23.0 Å². The number of aliphatic hydroxyl groups is 1. The zero-order valence-electron chi connectivity index (χ0n) is 11.9. The molecular formula is C14H18N2O4S. The zero-order chi connectivity index (χ0) is 15.6. The number of hydrogen-bond donors (Lipinski definition) is 3. The molecule has 0 saturated heterocycles. The third-order valence-corrected chi connectivity index (χ3v) is 4.42. The van der Waals surface area contributed by atoms with E-state index in [1.165, 1.54) is 12.1 Å². The van der Waals surface area contributed by atoms with Crippen molar-refractivity contribution < 1.29 is 18.3 Å². The molecule has 114 valence electrons. The van der Waals surface area contributed by atoms with E-state index in [2.05, 4.69) is 10.3 Å². The molecule has 1 amide bonds. The van der Waals surface area contributed by atoms with Gasteiger partial charge in [-0.05, 0) is 30.7 Å². The number of aromatic amines is 1. The quantitative estimate of drug-likeness (QED) is 0.769. The number of aliphatic hydroxyl groups excluding tert-OH is 1. The summed E-state index contributed by atoms with van der Waals surface area (Å²) in [6.45, 7) is 1.74. The Labute approximate surface area is 123 Å². The van der Waals surface area contributed by atoms with Crippen LogP contribution in [0.5, 0.6) is 0 Å². The smallest absolute Gasteiger partial charge is 0.268 e. The van der Waals surface area contributed by atoms with Crippen LogP contribution in [0.1, 0.15) is 23.8 Å². The Hall–Kier alpha value is -1.86. The molecule has 0 fully saturated rings. The third-order valence-electron chi connectivity index (χ3n) is 3.31. The van der Waals surface area contributed by atoms with Gasteiger partial charge in [0.1, 0.15) is 5.69 Å². The van der Waals surface area contributed by atoms with Crippen molar-refractivity contribution in [2.24, 2.45) is 0 Å². The molecule has 0 aliphatic heterocycles. The first kappa shape index (κ1) is 15.5. The number of amides is 1. The van der Waals surface area contributed by atoms with E-state index in [-0.39, 0.29) is 23.5 Å². The van der Waals surface area contributed by atoms with Crippen molar-refractivity contribution in [3.63, 3.8) is 0 Å². The first-order valence-corrected chi connectivity index (χ1v) is 8.49. The van der Waals surface area contributed by atoms with Crippen LogP contribution in [0, 0.1) is 0 Å². The normalized spacial score (nSPS) is 13.3. The molecule has 3 N–H and O–H groups in total. The minimum Gasteiger partial charge on any atom is -0.394 e. The average molecular weight is 310 g/mol. The van der Waals surface area contributed by atoms with Crippen LogP contribution >= 0.6 is 0 Å². The fourth-order valence-corrected chi connectivity index (χ4v) is 2.66. The van der Waals surface area contributed by atoms with E-state index in [4.69, 9.17) is 5.11 Å². The van der Waals surface area contributed by atoms with Crippen molar-refractivity contribution in [1.82, 2.24) is 10.3 Å². The lowest BCUT2D eigenvalue weighted by Gasteiger charge is -2.12. The number of sulfone groups is 1. The molecule has 6 nitrogen and oxygen atoms in total. The number of fused-ring (bicyclic) bond motifs is 1. The second-order valence-electron chi connectivity index (χ2n) is 4.97. The van der Waals surface area contributed by atoms with E-state index in [1.807, 2.05) is 6.92 Å². The lowest BCUT2D eigenvalue weighted by molar-refractivity contribution is 0.0910. The van der Waals surface area contributed by atoms with Gasteiger partial charge in [-0.1, -0.05) is 6.92 Å². The monoisotopic (exact) mass is 310 g/mol. The summed E-state index contributed by atoms with van der Waals surface area (Å²) < 4.78 is 23.0. The Bertz CT molecular complexity index is 760. The molecule has 0 spiro atoms. The number of nitrogens with one attached hydrogen (secondary N) is 2. The molecule has 0 aliphatic rings. The van der Waals surface area contributed by atoms with Crippen molar-refractivity contribution in [3.05, 3.63) is 30.0 Å². The summed E-state index contributed by atoms with van der Waals surface area (Å²) in [6, 6.07) is 5.96. The molecule has 2 aromatic rings. The third kappa shape index (κ3) is 3.43. The van der Waals surface area contributed by atoms with Gasteiger partial charge >= 0.3 is 0 Å². The van der Waals surface area contributed by atoms with Gasteiger partial charge in [0.05, 0.1) is 17.5 Å². The minimum atomic E-state index is -3.28. The van der Waals surface area contributed by atoms with E-state index in [1.54, 1.807) is 12.1 Å². The van der Waals surface area contributed by atoms with Crippen molar-refractivity contribution in [2.45, 2.75) is 24.3 Å². The molecular weight excluding hydrogens is 292 g/mol. The van der Waals surface area contributed by atoms with Crippen molar-refractivity contribution in [3.8, 4) is 0 Å². The van der Waals surface area contributed by atoms with Crippen LogP contribution in [0.4, 0.5) is 0 Å². The zero-order valence-corrected chi connectivity index (χ0v) is 12.7. The average Bonchev–Trinajstić information content (AvgIpc) is 2.86. The number of carbonyl (C=O) groups is 1. The van der Waals surface area contributed by atoms with Gasteiger partial charge in [0, 0.05) is 17.2 Å². The van der Waals surface area contributed by atoms with Crippen molar-refractivity contribution >= 4 is 26.6 Å². The lowest BCUT2D eigenvalue weighted by atomic mass is 10.2. The molecule has 1 unspecified atom stereocenters. The predicted molar refractivity (Wildman–Crippen MR) is 80.0 cm³/mol. The fourth-order valence-electron chi connectivity index (χ4n) is 2.00. The summed E-state index contributed by atoms with van der Waals surface area (Å²) >= 11 is 0. The molecule has 1 heterocycles. The SMILES string of the molecule is CCC(CO)NC(=O)c1cc2cc(S(C)(=O)=O)ccc2[nH]1. The summed E-state index contributed by atoms with van der Waals surface area (Å²) in [6.07, 6.45) is 1.77. The number of H-pyrrole nitrogens is 1. The number of carbonyl (C=O) groups excluding carboxylic acids is 1. The Morgan fingerprint density at radius 2 is 2.10 bits per heavy atom. The van der Waals surface area contributed by atoms with Crippen LogP contribution in [0.15, 0.2) is 29.2 Å².